The molecule has 0 aromatic rings. The summed E-state index contributed by atoms with van der Waals surface area (Å²) < 4.78 is 34.1. The maximum absolute atomic E-state index is 12.8. The monoisotopic (exact) mass is 928 g/mol. The molecule has 0 aliphatic heterocycles. The van der Waals surface area contributed by atoms with Gasteiger partial charge in [0, 0.05) is 12.8 Å². The maximum atomic E-state index is 12.8. The Morgan fingerprint density at radius 3 is 1.16 bits per heavy atom. The van der Waals surface area contributed by atoms with Crippen molar-refractivity contribution in [3.63, 3.8) is 0 Å². The van der Waals surface area contributed by atoms with Crippen LogP contribution in [-0.4, -0.2) is 70.0 Å². The van der Waals surface area contributed by atoms with E-state index in [2.05, 4.69) is 26.0 Å². The maximum Gasteiger partial charge on any atom is 0.306 e. The van der Waals surface area contributed by atoms with Crippen molar-refractivity contribution >= 4 is 19.8 Å². The molecule has 64 heavy (non-hydrogen) atoms. The van der Waals surface area contributed by atoms with Crippen LogP contribution in [0.25, 0.3) is 0 Å². The highest BCUT2D eigenvalue weighted by Gasteiger charge is 2.21. The van der Waals surface area contributed by atoms with Crippen molar-refractivity contribution in [2.24, 2.45) is 0 Å². The number of carbonyl (C=O) groups excluding carboxylic acids is 2. The van der Waals surface area contributed by atoms with Crippen molar-refractivity contribution in [3.05, 3.63) is 12.2 Å². The summed E-state index contributed by atoms with van der Waals surface area (Å²) >= 11 is 0. The van der Waals surface area contributed by atoms with E-state index in [0.29, 0.717) is 17.4 Å². The van der Waals surface area contributed by atoms with Gasteiger partial charge in [-0.1, -0.05) is 231 Å². The van der Waals surface area contributed by atoms with Crippen LogP contribution in [0.4, 0.5) is 0 Å². The second-order valence-corrected chi connectivity index (χ2v) is 21.4. The van der Waals surface area contributed by atoms with Gasteiger partial charge in [-0.25, -0.2) is 0 Å². The molecule has 0 saturated heterocycles. The predicted octanol–water partition coefficient (Wildman–Crippen LogP) is 15.8. The zero-order chi connectivity index (χ0) is 47.1. The first-order valence-electron chi connectivity index (χ1n) is 27.4. The lowest BCUT2D eigenvalue weighted by molar-refractivity contribution is -0.870. The van der Waals surface area contributed by atoms with Gasteiger partial charge in [0.05, 0.1) is 27.7 Å². The standard InChI is InChI=1S/C54H106NO8P/c1-6-8-10-12-14-16-18-20-22-24-26-27-29-31-33-35-37-39-41-43-45-47-54(57)63-52(51-62-64(58,59)61-49-48-55(3,4)5)50-60-53(56)46-44-42-40-38-36-34-32-30-28-25-23-21-19-17-15-13-11-9-7-2/h21,23,52H,6-20,22,24-51H2,1-5H3/b23-21+/t52-/m1/s1. The van der Waals surface area contributed by atoms with E-state index in [1.54, 1.807) is 0 Å². The number of ether oxygens (including phenoxy) is 2. The molecule has 0 radical (unpaired) electrons. The first-order chi connectivity index (χ1) is 31.0. The fourth-order valence-electron chi connectivity index (χ4n) is 8.01. The number of likely N-dealkylation sites (N-methyl/N-ethyl adjacent to an activating group) is 1. The van der Waals surface area contributed by atoms with Crippen LogP contribution < -0.4 is 4.89 Å². The van der Waals surface area contributed by atoms with E-state index in [9.17, 15) is 19.0 Å². The fourth-order valence-corrected chi connectivity index (χ4v) is 8.73. The van der Waals surface area contributed by atoms with Crippen LogP contribution in [-0.2, 0) is 32.7 Å². The number of nitrogens with zero attached hydrogens (tertiary/aromatic N) is 1. The molecule has 0 aromatic carbocycles. The number of quaternary nitrogens is 1. The van der Waals surface area contributed by atoms with Gasteiger partial charge in [0.15, 0.2) is 6.10 Å². The molecule has 0 aliphatic rings. The predicted molar refractivity (Wildman–Crippen MR) is 268 cm³/mol. The van der Waals surface area contributed by atoms with Crippen LogP contribution >= 0.6 is 7.82 Å². The molecular formula is C54H106NO8P. The second-order valence-electron chi connectivity index (χ2n) is 20.0. The molecule has 0 aliphatic carbocycles. The van der Waals surface area contributed by atoms with Crippen LogP contribution in [0.1, 0.15) is 271 Å². The number of hydrogen-bond donors (Lipinski definition) is 0. The lowest BCUT2D eigenvalue weighted by atomic mass is 10.0. The Kier molecular flexibility index (Phi) is 45.9. The molecule has 0 spiro atoms. The van der Waals surface area contributed by atoms with Gasteiger partial charge in [0.25, 0.3) is 7.82 Å². The van der Waals surface area contributed by atoms with Gasteiger partial charge in [-0.05, 0) is 38.5 Å². The Morgan fingerprint density at radius 1 is 0.469 bits per heavy atom. The molecule has 0 saturated carbocycles. The minimum atomic E-state index is -4.63. The SMILES string of the molecule is CCCCCCCC/C=C/CCCCCCCCCCCC(=O)OC[C@H](COP(=O)([O-])OCC[N+](C)(C)C)OC(=O)CCCCCCCCCCCCCCCCCCCCCCC. The van der Waals surface area contributed by atoms with Gasteiger partial charge in [0.2, 0.25) is 0 Å². The van der Waals surface area contributed by atoms with Crippen molar-refractivity contribution in [2.45, 2.75) is 277 Å². The third-order valence-electron chi connectivity index (χ3n) is 12.3. The van der Waals surface area contributed by atoms with Crippen molar-refractivity contribution in [1.29, 1.82) is 0 Å². The normalized spacial score (nSPS) is 13.4. The summed E-state index contributed by atoms with van der Waals surface area (Å²) in [6.07, 6.45) is 52.4. The van der Waals surface area contributed by atoms with Crippen molar-refractivity contribution < 1.29 is 42.1 Å². The van der Waals surface area contributed by atoms with E-state index >= 15 is 0 Å². The Balaban J connectivity index is 4.17. The van der Waals surface area contributed by atoms with Crippen molar-refractivity contribution in [1.82, 2.24) is 0 Å². The van der Waals surface area contributed by atoms with E-state index in [0.717, 1.165) is 32.1 Å². The first kappa shape index (κ1) is 62.8. The molecule has 1 unspecified atom stereocenters. The number of hydrogen-bond acceptors (Lipinski definition) is 8. The van der Waals surface area contributed by atoms with Gasteiger partial charge in [-0.15, -0.1) is 0 Å². The van der Waals surface area contributed by atoms with E-state index in [4.69, 9.17) is 18.5 Å². The molecule has 0 heterocycles. The average molecular weight is 928 g/mol. The van der Waals surface area contributed by atoms with Crippen LogP contribution in [0.3, 0.4) is 0 Å². The van der Waals surface area contributed by atoms with Gasteiger partial charge < -0.3 is 27.9 Å². The van der Waals surface area contributed by atoms with Crippen molar-refractivity contribution in [2.75, 3.05) is 47.5 Å². The Bertz CT molecular complexity index is 1100. The van der Waals surface area contributed by atoms with E-state index in [1.165, 1.54) is 205 Å². The summed E-state index contributed by atoms with van der Waals surface area (Å²) in [7, 11) is 1.18. The summed E-state index contributed by atoms with van der Waals surface area (Å²) in [6.45, 7) is 4.28. The lowest BCUT2D eigenvalue weighted by Crippen LogP contribution is -2.37. The van der Waals surface area contributed by atoms with E-state index in [1.807, 2.05) is 21.1 Å². The molecule has 0 rings (SSSR count). The van der Waals surface area contributed by atoms with E-state index < -0.39 is 26.5 Å². The minimum absolute atomic E-state index is 0.0273. The highest BCUT2D eigenvalue weighted by Crippen LogP contribution is 2.38. The zero-order valence-electron chi connectivity index (χ0n) is 43.0. The number of allylic oxidation sites excluding steroid dienone is 2. The number of phosphoric acid groups is 1. The summed E-state index contributed by atoms with van der Waals surface area (Å²) in [5, 5.41) is 0. The summed E-state index contributed by atoms with van der Waals surface area (Å²) in [4.78, 5) is 37.8. The lowest BCUT2D eigenvalue weighted by Gasteiger charge is -2.28. The van der Waals surface area contributed by atoms with E-state index in [-0.39, 0.29) is 32.0 Å². The fraction of sp³-hybridized carbons (Fsp3) is 0.926. The van der Waals surface area contributed by atoms with Crippen LogP contribution in [0, 0.1) is 0 Å². The zero-order valence-corrected chi connectivity index (χ0v) is 43.9. The Labute approximate surface area is 396 Å². The minimum Gasteiger partial charge on any atom is -0.756 e. The molecule has 0 bridgehead atoms. The molecule has 0 amide bonds. The average Bonchev–Trinajstić information content (AvgIpc) is 3.25. The number of unbranched alkanes of at least 4 members (excludes halogenated alkanes) is 35. The molecular weight excluding hydrogens is 822 g/mol. The number of phosphoric ester groups is 1. The van der Waals surface area contributed by atoms with Crippen molar-refractivity contribution in [3.8, 4) is 0 Å². The molecule has 0 aromatic heterocycles. The van der Waals surface area contributed by atoms with Crippen LogP contribution in [0.5, 0.6) is 0 Å². The van der Waals surface area contributed by atoms with Gasteiger partial charge in [-0.2, -0.15) is 0 Å². The third kappa shape index (κ3) is 50.2. The highest BCUT2D eigenvalue weighted by atomic mass is 31.2. The quantitative estimate of drug-likeness (QED) is 0.0195. The van der Waals surface area contributed by atoms with Crippen LogP contribution in [0.2, 0.25) is 0 Å². The number of carbonyl (C=O) groups is 2. The topological polar surface area (TPSA) is 111 Å². The first-order valence-corrected chi connectivity index (χ1v) is 28.9. The largest absolute Gasteiger partial charge is 0.756 e. The smallest absolute Gasteiger partial charge is 0.306 e. The molecule has 10 heteroatoms. The third-order valence-corrected chi connectivity index (χ3v) is 13.2. The molecule has 380 valence electrons. The Morgan fingerprint density at radius 2 is 0.797 bits per heavy atom. The van der Waals surface area contributed by atoms with Crippen LogP contribution in [0.15, 0.2) is 12.2 Å². The molecule has 9 nitrogen and oxygen atoms in total. The van der Waals surface area contributed by atoms with Gasteiger partial charge in [-0.3, -0.25) is 14.2 Å². The molecule has 0 N–H and O–H groups in total. The highest BCUT2D eigenvalue weighted by molar-refractivity contribution is 7.45. The van der Waals surface area contributed by atoms with Gasteiger partial charge in [0.1, 0.15) is 19.8 Å². The molecule has 0 fully saturated rings. The summed E-state index contributed by atoms with van der Waals surface area (Å²) in [5.74, 6) is -0.819. The number of rotatable bonds is 51. The van der Waals surface area contributed by atoms with Gasteiger partial charge >= 0.3 is 11.9 Å². The summed E-state index contributed by atoms with van der Waals surface area (Å²) in [5.41, 5.74) is 0. The second kappa shape index (κ2) is 46.8. The molecule has 2 atom stereocenters. The Hall–Kier alpha value is -1.25. The summed E-state index contributed by atoms with van der Waals surface area (Å²) in [6, 6.07) is 0. The number of esters is 2.